The predicted octanol–water partition coefficient (Wildman–Crippen LogP) is 1.57. The number of rotatable bonds is 11. The zero-order valence-electron chi connectivity index (χ0n) is 22.5. The van der Waals surface area contributed by atoms with E-state index in [0.29, 0.717) is 24.0 Å². The number of hydrogen-bond acceptors (Lipinski definition) is 8. The highest BCUT2D eigenvalue weighted by Crippen LogP contribution is 2.35. The number of hydrogen-bond donors (Lipinski definition) is 4. The highest BCUT2D eigenvalue weighted by Gasteiger charge is 2.42. The molecule has 210 valence electrons. The van der Waals surface area contributed by atoms with E-state index in [0.717, 1.165) is 6.42 Å². The molecule has 0 radical (unpaired) electrons. The Morgan fingerprint density at radius 1 is 1.18 bits per heavy atom. The van der Waals surface area contributed by atoms with E-state index in [1.807, 2.05) is 0 Å². The lowest BCUT2D eigenvalue weighted by molar-refractivity contribution is -0.148. The fourth-order valence-corrected chi connectivity index (χ4v) is 3.97. The number of aromatic hydroxyl groups is 1. The molecule has 1 saturated carbocycles. The van der Waals surface area contributed by atoms with Crippen molar-refractivity contribution >= 4 is 29.8 Å². The number of carbonyl (C=O) groups excluding carboxylic acids is 5. The molecular formula is C26H38N4O8. The van der Waals surface area contributed by atoms with Crippen molar-refractivity contribution in [2.75, 3.05) is 13.7 Å². The van der Waals surface area contributed by atoms with Gasteiger partial charge in [0.2, 0.25) is 17.7 Å². The van der Waals surface area contributed by atoms with Crippen LogP contribution in [0.25, 0.3) is 0 Å². The Morgan fingerprint density at radius 3 is 2.34 bits per heavy atom. The molecule has 1 fully saturated rings. The van der Waals surface area contributed by atoms with Crippen molar-refractivity contribution in [2.45, 2.75) is 83.5 Å². The molecule has 1 aromatic rings. The Bertz CT molecular complexity index is 1050. The molecule has 38 heavy (non-hydrogen) atoms. The first kappa shape index (κ1) is 30.4. The van der Waals surface area contributed by atoms with Crippen LogP contribution in [0, 0.1) is 6.92 Å². The fraction of sp³-hybridized carbons (Fsp3) is 0.577. The number of esters is 1. The van der Waals surface area contributed by atoms with E-state index in [1.54, 1.807) is 33.8 Å². The number of nitrogens with two attached hydrogens (primary N) is 1. The number of nitrogens with zero attached hydrogens (tertiary/aromatic N) is 1. The van der Waals surface area contributed by atoms with Crippen LogP contribution in [0.3, 0.4) is 0 Å². The number of primary amides is 1. The molecule has 0 aliphatic heterocycles. The van der Waals surface area contributed by atoms with Crippen LogP contribution in [0.15, 0.2) is 18.2 Å². The third-order valence-electron chi connectivity index (χ3n) is 6.09. The van der Waals surface area contributed by atoms with Gasteiger partial charge in [-0.05, 0) is 76.6 Å². The molecule has 12 heteroatoms. The number of nitrogens with one attached hydrogen (secondary N) is 2. The van der Waals surface area contributed by atoms with Crippen LogP contribution in [0.2, 0.25) is 0 Å². The number of benzene rings is 1. The summed E-state index contributed by atoms with van der Waals surface area (Å²) in [5, 5.41) is 15.1. The molecule has 0 bridgehead atoms. The Kier molecular flexibility index (Phi) is 10.5. The molecular weight excluding hydrogens is 496 g/mol. The van der Waals surface area contributed by atoms with Crippen molar-refractivity contribution in [1.29, 1.82) is 0 Å². The van der Waals surface area contributed by atoms with E-state index in [4.69, 9.17) is 10.5 Å². The van der Waals surface area contributed by atoms with Gasteiger partial charge in [0.1, 0.15) is 30.0 Å². The van der Waals surface area contributed by atoms with Gasteiger partial charge in [0.25, 0.3) is 0 Å². The number of aryl methyl sites for hydroxylation is 1. The number of phenols is 1. The normalized spacial score (nSPS) is 14.9. The lowest BCUT2D eigenvalue weighted by Crippen LogP contribution is -2.57. The van der Waals surface area contributed by atoms with Gasteiger partial charge < -0.3 is 35.8 Å². The summed E-state index contributed by atoms with van der Waals surface area (Å²) in [6.07, 6.45) is 0.882. The Morgan fingerprint density at radius 2 is 1.84 bits per heavy atom. The van der Waals surface area contributed by atoms with Crippen LogP contribution in [0.4, 0.5) is 4.79 Å². The summed E-state index contributed by atoms with van der Waals surface area (Å²) in [5.74, 6) is -2.58. The number of carbonyl (C=O) groups is 5. The first-order chi connectivity index (χ1) is 17.7. The van der Waals surface area contributed by atoms with E-state index >= 15 is 0 Å². The van der Waals surface area contributed by atoms with Gasteiger partial charge in [0.05, 0.1) is 7.11 Å². The van der Waals surface area contributed by atoms with E-state index in [9.17, 15) is 29.1 Å². The predicted molar refractivity (Wildman–Crippen MR) is 137 cm³/mol. The molecule has 0 heterocycles. The maximum Gasteiger partial charge on any atom is 0.408 e. The SMILES string of the molecule is COC(=O)CNC(=O)C(c1ccc(O)c(C)c1)N(C(=O)C(CCC(N)=O)NC(=O)OC(C)(C)C)C1CCC1. The van der Waals surface area contributed by atoms with Gasteiger partial charge in [-0.25, -0.2) is 4.79 Å². The Labute approximate surface area is 222 Å². The van der Waals surface area contributed by atoms with Gasteiger partial charge >= 0.3 is 12.1 Å². The summed E-state index contributed by atoms with van der Waals surface area (Å²) in [4.78, 5) is 64.7. The standard InChI is InChI=1S/C26H38N4O8/c1-15-13-16(9-11-19(15)31)22(23(34)28-14-21(33)37-5)30(17-7-6-8-17)24(35)18(10-12-20(27)32)29-25(36)38-26(2,3)4/h9,11,13,17-18,22,31H,6-8,10,12,14H2,1-5H3,(H2,27,32)(H,28,34)(H,29,36). The smallest absolute Gasteiger partial charge is 0.408 e. The van der Waals surface area contributed by atoms with Crippen LogP contribution < -0.4 is 16.4 Å². The molecule has 2 atom stereocenters. The fourth-order valence-electron chi connectivity index (χ4n) is 3.97. The van der Waals surface area contributed by atoms with Crippen LogP contribution in [-0.2, 0) is 28.7 Å². The molecule has 1 aromatic carbocycles. The van der Waals surface area contributed by atoms with Gasteiger partial charge in [-0.15, -0.1) is 0 Å². The summed E-state index contributed by atoms with van der Waals surface area (Å²) in [6.45, 7) is 6.24. The van der Waals surface area contributed by atoms with Crippen molar-refractivity contribution in [3.63, 3.8) is 0 Å². The van der Waals surface area contributed by atoms with Crippen molar-refractivity contribution in [3.05, 3.63) is 29.3 Å². The van der Waals surface area contributed by atoms with Crippen LogP contribution in [0.5, 0.6) is 5.75 Å². The number of methoxy groups -OCH3 is 1. The third-order valence-corrected chi connectivity index (χ3v) is 6.09. The zero-order valence-corrected chi connectivity index (χ0v) is 22.5. The second-order valence-corrected chi connectivity index (χ2v) is 10.3. The monoisotopic (exact) mass is 534 g/mol. The van der Waals surface area contributed by atoms with Crippen molar-refractivity contribution in [2.24, 2.45) is 5.73 Å². The van der Waals surface area contributed by atoms with E-state index < -0.39 is 54.0 Å². The average Bonchev–Trinajstić information content (AvgIpc) is 2.78. The molecule has 0 spiro atoms. The van der Waals surface area contributed by atoms with Crippen LogP contribution >= 0.6 is 0 Å². The maximum atomic E-state index is 14.0. The molecule has 1 aliphatic carbocycles. The molecule has 12 nitrogen and oxygen atoms in total. The Balaban J connectivity index is 2.51. The van der Waals surface area contributed by atoms with Crippen molar-refractivity contribution < 1.29 is 38.6 Å². The number of amides is 4. The number of alkyl carbamates (subject to hydrolysis) is 1. The number of phenolic OH excluding ortho intramolecular Hbond substituents is 1. The van der Waals surface area contributed by atoms with E-state index in [-0.39, 0.29) is 24.6 Å². The van der Waals surface area contributed by atoms with E-state index in [1.165, 1.54) is 24.1 Å². The Hall–Kier alpha value is -3.83. The molecule has 2 unspecified atom stereocenters. The minimum Gasteiger partial charge on any atom is -0.508 e. The summed E-state index contributed by atoms with van der Waals surface area (Å²) in [5.41, 5.74) is 5.36. The van der Waals surface area contributed by atoms with Gasteiger partial charge in [-0.2, -0.15) is 0 Å². The van der Waals surface area contributed by atoms with Crippen LogP contribution in [0.1, 0.15) is 70.0 Å². The largest absolute Gasteiger partial charge is 0.508 e. The zero-order chi connectivity index (χ0) is 28.6. The van der Waals surface area contributed by atoms with Crippen LogP contribution in [-0.4, -0.2) is 71.1 Å². The maximum absolute atomic E-state index is 14.0. The van der Waals surface area contributed by atoms with Crippen molar-refractivity contribution in [1.82, 2.24) is 15.5 Å². The molecule has 2 rings (SSSR count). The summed E-state index contributed by atoms with van der Waals surface area (Å²) in [7, 11) is 1.19. The van der Waals surface area contributed by atoms with E-state index in [2.05, 4.69) is 15.4 Å². The third kappa shape index (κ3) is 8.63. The highest BCUT2D eigenvalue weighted by molar-refractivity contribution is 5.93. The molecule has 5 N–H and O–H groups in total. The molecule has 0 aromatic heterocycles. The van der Waals surface area contributed by atoms with Gasteiger partial charge in [-0.3, -0.25) is 19.2 Å². The highest BCUT2D eigenvalue weighted by atomic mass is 16.6. The lowest BCUT2D eigenvalue weighted by Gasteiger charge is -2.43. The topological polar surface area (TPSA) is 177 Å². The summed E-state index contributed by atoms with van der Waals surface area (Å²) < 4.78 is 9.92. The molecule has 4 amide bonds. The minimum atomic E-state index is -1.22. The summed E-state index contributed by atoms with van der Waals surface area (Å²) in [6, 6.07) is 1.75. The van der Waals surface area contributed by atoms with Gasteiger partial charge in [-0.1, -0.05) is 6.07 Å². The van der Waals surface area contributed by atoms with Gasteiger partial charge in [0.15, 0.2) is 0 Å². The lowest BCUT2D eigenvalue weighted by atomic mass is 9.87. The molecule has 1 aliphatic rings. The summed E-state index contributed by atoms with van der Waals surface area (Å²) >= 11 is 0. The quantitative estimate of drug-likeness (QED) is 0.309. The number of ether oxygens (including phenoxy) is 2. The molecule has 0 saturated heterocycles. The first-order valence-electron chi connectivity index (χ1n) is 12.5. The minimum absolute atomic E-state index is 0.00918. The van der Waals surface area contributed by atoms with Gasteiger partial charge in [0, 0.05) is 12.5 Å². The average molecular weight is 535 g/mol. The van der Waals surface area contributed by atoms with Crippen molar-refractivity contribution in [3.8, 4) is 5.75 Å². The second kappa shape index (κ2) is 13.1. The second-order valence-electron chi connectivity index (χ2n) is 10.3. The first-order valence-corrected chi connectivity index (χ1v) is 12.5.